The molecule has 1 atom stereocenters. The molecular formula is C16H21N3O. The van der Waals surface area contributed by atoms with Gasteiger partial charge in [0, 0.05) is 24.2 Å². The standard InChI is InChI=1S/C16H21N3O/c1-2-19-9-3-4-13(11-19)18-16-15-10-14(20)6-5-12(15)7-8-17-16/h5-8,10,13,20H,2-4,9,11H2,1H3,(H,17,18). The summed E-state index contributed by atoms with van der Waals surface area (Å²) in [5.74, 6) is 1.16. The normalized spacial score (nSPS) is 20.1. The fourth-order valence-corrected chi connectivity index (χ4v) is 2.93. The predicted octanol–water partition coefficient (Wildman–Crippen LogP) is 2.84. The number of fused-ring (bicyclic) bond motifs is 1. The molecule has 0 amide bonds. The highest BCUT2D eigenvalue weighted by Gasteiger charge is 2.19. The Morgan fingerprint density at radius 2 is 2.30 bits per heavy atom. The van der Waals surface area contributed by atoms with E-state index in [9.17, 15) is 5.11 Å². The van der Waals surface area contributed by atoms with Gasteiger partial charge in [-0.15, -0.1) is 0 Å². The topological polar surface area (TPSA) is 48.4 Å². The van der Waals surface area contributed by atoms with Crippen molar-refractivity contribution in [3.05, 3.63) is 30.5 Å². The number of benzene rings is 1. The summed E-state index contributed by atoms with van der Waals surface area (Å²) in [6.07, 6.45) is 4.22. The number of hydrogen-bond donors (Lipinski definition) is 2. The molecule has 1 fully saturated rings. The van der Waals surface area contributed by atoms with Gasteiger partial charge in [0.1, 0.15) is 11.6 Å². The number of phenolic OH excluding ortho intramolecular Hbond substituents is 1. The molecule has 4 nitrogen and oxygen atoms in total. The molecule has 1 aromatic carbocycles. The lowest BCUT2D eigenvalue weighted by atomic mass is 10.1. The van der Waals surface area contributed by atoms with Crippen LogP contribution in [-0.4, -0.2) is 40.7 Å². The third kappa shape index (κ3) is 2.70. The Morgan fingerprint density at radius 3 is 3.15 bits per heavy atom. The Balaban J connectivity index is 1.85. The molecule has 0 saturated carbocycles. The van der Waals surface area contributed by atoms with E-state index < -0.39 is 0 Å². The van der Waals surface area contributed by atoms with E-state index in [0.29, 0.717) is 6.04 Å². The van der Waals surface area contributed by atoms with Gasteiger partial charge in [0.25, 0.3) is 0 Å². The summed E-state index contributed by atoms with van der Waals surface area (Å²) in [7, 11) is 0. The van der Waals surface area contributed by atoms with E-state index in [-0.39, 0.29) is 5.75 Å². The van der Waals surface area contributed by atoms with E-state index in [4.69, 9.17) is 0 Å². The Labute approximate surface area is 119 Å². The van der Waals surface area contributed by atoms with Crippen LogP contribution in [0.4, 0.5) is 5.82 Å². The smallest absolute Gasteiger partial charge is 0.134 e. The molecule has 1 aliphatic heterocycles. The second-order valence-electron chi connectivity index (χ2n) is 5.44. The minimum Gasteiger partial charge on any atom is -0.508 e. The first-order chi connectivity index (χ1) is 9.76. The van der Waals surface area contributed by atoms with Gasteiger partial charge < -0.3 is 15.3 Å². The minimum absolute atomic E-state index is 0.285. The second-order valence-corrected chi connectivity index (χ2v) is 5.44. The predicted molar refractivity (Wildman–Crippen MR) is 82.2 cm³/mol. The molecule has 106 valence electrons. The number of nitrogens with zero attached hydrogens (tertiary/aromatic N) is 2. The molecule has 2 heterocycles. The molecule has 4 heteroatoms. The van der Waals surface area contributed by atoms with Crippen LogP contribution in [0.15, 0.2) is 30.5 Å². The maximum Gasteiger partial charge on any atom is 0.134 e. The zero-order chi connectivity index (χ0) is 13.9. The van der Waals surface area contributed by atoms with E-state index >= 15 is 0 Å². The quantitative estimate of drug-likeness (QED) is 0.901. The van der Waals surface area contributed by atoms with Crippen LogP contribution in [-0.2, 0) is 0 Å². The van der Waals surface area contributed by atoms with Crippen LogP contribution in [0.1, 0.15) is 19.8 Å². The number of anilines is 1. The number of likely N-dealkylation sites (N-methyl/N-ethyl adjacent to an activating group) is 1. The lowest BCUT2D eigenvalue weighted by Gasteiger charge is -2.32. The third-order valence-electron chi connectivity index (χ3n) is 4.04. The van der Waals surface area contributed by atoms with Crippen LogP contribution >= 0.6 is 0 Å². The highest BCUT2D eigenvalue weighted by molar-refractivity contribution is 5.92. The second kappa shape index (κ2) is 5.67. The molecule has 20 heavy (non-hydrogen) atoms. The number of pyridine rings is 1. The van der Waals surface area contributed by atoms with Crippen molar-refractivity contribution >= 4 is 16.6 Å². The molecule has 1 aromatic heterocycles. The van der Waals surface area contributed by atoms with Crippen molar-refractivity contribution < 1.29 is 5.11 Å². The zero-order valence-electron chi connectivity index (χ0n) is 11.8. The molecule has 3 rings (SSSR count). The van der Waals surface area contributed by atoms with Crippen LogP contribution in [0.3, 0.4) is 0 Å². The Hall–Kier alpha value is -1.81. The molecule has 1 aliphatic rings. The van der Waals surface area contributed by atoms with Crippen molar-refractivity contribution in [3.8, 4) is 5.75 Å². The molecule has 0 aliphatic carbocycles. The first-order valence-corrected chi connectivity index (χ1v) is 7.33. The number of phenols is 1. The van der Waals surface area contributed by atoms with Crippen LogP contribution in [0.5, 0.6) is 5.75 Å². The Kier molecular flexibility index (Phi) is 3.74. The van der Waals surface area contributed by atoms with Gasteiger partial charge in [-0.25, -0.2) is 4.98 Å². The van der Waals surface area contributed by atoms with Gasteiger partial charge in [-0.1, -0.05) is 13.0 Å². The summed E-state index contributed by atoms with van der Waals surface area (Å²) in [5, 5.41) is 15.3. The average molecular weight is 271 g/mol. The highest BCUT2D eigenvalue weighted by atomic mass is 16.3. The zero-order valence-corrected chi connectivity index (χ0v) is 11.8. The molecule has 1 saturated heterocycles. The number of piperidine rings is 1. The van der Waals surface area contributed by atoms with E-state index in [1.165, 1.54) is 19.4 Å². The van der Waals surface area contributed by atoms with Gasteiger partial charge in [0.05, 0.1) is 0 Å². The maximum absolute atomic E-state index is 9.68. The van der Waals surface area contributed by atoms with Gasteiger partial charge in [-0.3, -0.25) is 0 Å². The lowest BCUT2D eigenvalue weighted by molar-refractivity contribution is 0.226. The number of rotatable bonds is 3. The van der Waals surface area contributed by atoms with Gasteiger partial charge >= 0.3 is 0 Å². The SMILES string of the molecule is CCN1CCCC(Nc2nccc3ccc(O)cc23)C1. The van der Waals surface area contributed by atoms with Gasteiger partial charge in [-0.05, 0) is 49.5 Å². The molecule has 2 N–H and O–H groups in total. The molecule has 0 bridgehead atoms. The molecule has 1 unspecified atom stereocenters. The number of aromatic nitrogens is 1. The van der Waals surface area contributed by atoms with E-state index in [2.05, 4.69) is 22.1 Å². The summed E-state index contributed by atoms with van der Waals surface area (Å²) in [4.78, 5) is 6.91. The molecular weight excluding hydrogens is 250 g/mol. The van der Waals surface area contributed by atoms with E-state index in [1.54, 1.807) is 12.1 Å². The summed E-state index contributed by atoms with van der Waals surface area (Å²) < 4.78 is 0. The summed E-state index contributed by atoms with van der Waals surface area (Å²) >= 11 is 0. The highest BCUT2D eigenvalue weighted by Crippen LogP contribution is 2.26. The van der Waals surface area contributed by atoms with Crippen molar-refractivity contribution in [3.63, 3.8) is 0 Å². The van der Waals surface area contributed by atoms with Gasteiger partial charge in [-0.2, -0.15) is 0 Å². The molecule has 0 spiro atoms. The fraction of sp³-hybridized carbons (Fsp3) is 0.438. The van der Waals surface area contributed by atoms with E-state index in [1.807, 2.05) is 18.3 Å². The van der Waals surface area contributed by atoms with Crippen LogP contribution < -0.4 is 5.32 Å². The third-order valence-corrected chi connectivity index (χ3v) is 4.04. The first kappa shape index (κ1) is 13.2. The van der Waals surface area contributed by atoms with Crippen molar-refractivity contribution in [1.82, 2.24) is 9.88 Å². The van der Waals surface area contributed by atoms with Crippen molar-refractivity contribution in [1.29, 1.82) is 0 Å². The monoisotopic (exact) mass is 271 g/mol. The minimum atomic E-state index is 0.285. The Bertz CT molecular complexity index is 599. The molecule has 0 radical (unpaired) electrons. The summed E-state index contributed by atoms with van der Waals surface area (Å²) in [6, 6.07) is 7.83. The summed E-state index contributed by atoms with van der Waals surface area (Å²) in [6.45, 7) is 5.56. The Morgan fingerprint density at radius 1 is 1.40 bits per heavy atom. The number of hydrogen-bond acceptors (Lipinski definition) is 4. The largest absolute Gasteiger partial charge is 0.508 e. The van der Waals surface area contributed by atoms with E-state index in [0.717, 1.165) is 29.7 Å². The van der Waals surface area contributed by atoms with Crippen molar-refractivity contribution in [2.75, 3.05) is 25.0 Å². The molecule has 2 aromatic rings. The number of aromatic hydroxyl groups is 1. The van der Waals surface area contributed by atoms with Crippen molar-refractivity contribution in [2.24, 2.45) is 0 Å². The summed E-state index contributed by atoms with van der Waals surface area (Å²) in [5.41, 5.74) is 0. The maximum atomic E-state index is 9.68. The van der Waals surface area contributed by atoms with Crippen LogP contribution in [0, 0.1) is 0 Å². The van der Waals surface area contributed by atoms with Crippen LogP contribution in [0.2, 0.25) is 0 Å². The fourth-order valence-electron chi connectivity index (χ4n) is 2.93. The first-order valence-electron chi connectivity index (χ1n) is 7.33. The lowest BCUT2D eigenvalue weighted by Crippen LogP contribution is -2.42. The number of nitrogens with one attached hydrogen (secondary N) is 1. The van der Waals surface area contributed by atoms with Crippen molar-refractivity contribution in [2.45, 2.75) is 25.8 Å². The van der Waals surface area contributed by atoms with Gasteiger partial charge in [0.2, 0.25) is 0 Å². The average Bonchev–Trinajstić information content (AvgIpc) is 2.48. The van der Waals surface area contributed by atoms with Gasteiger partial charge in [0.15, 0.2) is 0 Å². The van der Waals surface area contributed by atoms with Crippen LogP contribution in [0.25, 0.3) is 10.8 Å². The number of likely N-dealkylation sites (tertiary alicyclic amines) is 1.